The van der Waals surface area contributed by atoms with Crippen LogP contribution in [0.1, 0.15) is 53.7 Å². The monoisotopic (exact) mass is 527 g/mol. The van der Waals surface area contributed by atoms with E-state index in [0.717, 1.165) is 48.8 Å². The zero-order valence-electron chi connectivity index (χ0n) is 20.9. The van der Waals surface area contributed by atoms with Crippen molar-refractivity contribution in [2.24, 2.45) is 0 Å². The van der Waals surface area contributed by atoms with Gasteiger partial charge in [0.1, 0.15) is 0 Å². The summed E-state index contributed by atoms with van der Waals surface area (Å²) in [6.45, 7) is 3.66. The number of aryl methyl sites for hydroxylation is 1. The van der Waals surface area contributed by atoms with E-state index in [-0.39, 0.29) is 18.6 Å². The van der Waals surface area contributed by atoms with Crippen LogP contribution in [0.4, 0.5) is 17.3 Å². The van der Waals surface area contributed by atoms with Gasteiger partial charge < -0.3 is 14.6 Å². The molecule has 3 heterocycles. The molecule has 10 heteroatoms. The number of anilines is 3. The second-order valence-electron chi connectivity index (χ2n) is 9.14. The normalized spacial score (nSPS) is 13.8. The Labute approximate surface area is 225 Å². The number of carbonyl (C=O) groups is 1. The third kappa shape index (κ3) is 5.82. The number of benzene rings is 2. The number of nitriles is 1. The van der Waals surface area contributed by atoms with Gasteiger partial charge in [-0.15, -0.1) is 10.2 Å². The third-order valence-electron chi connectivity index (χ3n) is 6.56. The number of Topliss-reactive ketones (excluding diaryl/α,β-unsaturated/α-hetero) is 1. The van der Waals surface area contributed by atoms with Crippen molar-refractivity contribution in [3.05, 3.63) is 77.1 Å². The van der Waals surface area contributed by atoms with Crippen LogP contribution in [0.3, 0.4) is 0 Å². The Morgan fingerprint density at radius 3 is 2.53 bits per heavy atom. The number of nitrogens with one attached hydrogen (secondary N) is 1. The SMILES string of the molecule is Cc1nnc(C2CCN(c3ccc(Nc4ncc(Cl)c(-c5ccc(C(=O)CCC#N)cc5)n4)cc3)CC2)o1. The second-order valence-corrected chi connectivity index (χ2v) is 9.55. The molecular weight excluding hydrogens is 502 g/mol. The number of hydrogen-bond acceptors (Lipinski definition) is 9. The van der Waals surface area contributed by atoms with E-state index in [2.05, 4.69) is 42.5 Å². The van der Waals surface area contributed by atoms with Gasteiger partial charge in [-0.05, 0) is 37.1 Å². The Morgan fingerprint density at radius 2 is 1.87 bits per heavy atom. The molecular formula is C28H26ClN7O2. The lowest BCUT2D eigenvalue weighted by Crippen LogP contribution is -2.32. The van der Waals surface area contributed by atoms with E-state index in [0.29, 0.717) is 34.0 Å². The number of carbonyl (C=O) groups excluding carboxylic acids is 1. The minimum absolute atomic E-state index is 0.0658. The van der Waals surface area contributed by atoms with Crippen molar-refractivity contribution in [2.45, 2.75) is 38.5 Å². The molecule has 0 bridgehead atoms. The molecule has 4 aromatic rings. The molecule has 5 rings (SSSR count). The van der Waals surface area contributed by atoms with Crippen LogP contribution in [0, 0.1) is 18.3 Å². The topological polar surface area (TPSA) is 121 Å². The number of aromatic nitrogens is 4. The van der Waals surface area contributed by atoms with Gasteiger partial charge in [0.2, 0.25) is 17.7 Å². The Bertz CT molecular complexity index is 1450. The molecule has 2 aromatic carbocycles. The molecule has 2 aromatic heterocycles. The summed E-state index contributed by atoms with van der Waals surface area (Å²) >= 11 is 6.39. The Hall–Kier alpha value is -4.29. The quantitative estimate of drug-likeness (QED) is 0.271. The van der Waals surface area contributed by atoms with Crippen molar-refractivity contribution in [2.75, 3.05) is 23.3 Å². The van der Waals surface area contributed by atoms with Gasteiger partial charge in [0.15, 0.2) is 5.78 Å². The summed E-state index contributed by atoms with van der Waals surface area (Å²) in [4.78, 5) is 23.4. The highest BCUT2D eigenvalue weighted by Gasteiger charge is 2.24. The van der Waals surface area contributed by atoms with Crippen molar-refractivity contribution in [3.63, 3.8) is 0 Å². The van der Waals surface area contributed by atoms with Crippen LogP contribution < -0.4 is 10.2 Å². The van der Waals surface area contributed by atoms with E-state index in [4.69, 9.17) is 21.3 Å². The lowest BCUT2D eigenvalue weighted by Gasteiger charge is -2.32. The molecule has 1 aliphatic rings. The van der Waals surface area contributed by atoms with Crippen LogP contribution in [0.25, 0.3) is 11.3 Å². The highest BCUT2D eigenvalue weighted by molar-refractivity contribution is 6.32. The largest absolute Gasteiger partial charge is 0.425 e. The van der Waals surface area contributed by atoms with E-state index < -0.39 is 0 Å². The first-order chi connectivity index (χ1) is 18.5. The van der Waals surface area contributed by atoms with Crippen LogP contribution in [0.15, 0.2) is 59.1 Å². The summed E-state index contributed by atoms with van der Waals surface area (Å²) < 4.78 is 5.62. The van der Waals surface area contributed by atoms with Crippen LogP contribution in [-0.2, 0) is 0 Å². The second kappa shape index (κ2) is 11.4. The van der Waals surface area contributed by atoms with E-state index >= 15 is 0 Å². The van der Waals surface area contributed by atoms with Gasteiger partial charge in [0, 0.05) is 61.3 Å². The fourth-order valence-electron chi connectivity index (χ4n) is 4.50. The Kier molecular flexibility index (Phi) is 7.61. The van der Waals surface area contributed by atoms with Crippen molar-refractivity contribution in [1.29, 1.82) is 5.26 Å². The van der Waals surface area contributed by atoms with Gasteiger partial charge in [0.05, 0.1) is 23.0 Å². The predicted octanol–water partition coefficient (Wildman–Crippen LogP) is 6.10. The van der Waals surface area contributed by atoms with Gasteiger partial charge in [-0.3, -0.25) is 4.79 Å². The highest BCUT2D eigenvalue weighted by Crippen LogP contribution is 2.31. The minimum atomic E-state index is -0.0658. The summed E-state index contributed by atoms with van der Waals surface area (Å²) in [7, 11) is 0. The van der Waals surface area contributed by atoms with Crippen LogP contribution in [0.5, 0.6) is 0 Å². The molecule has 0 saturated carbocycles. The Morgan fingerprint density at radius 1 is 1.13 bits per heavy atom. The molecule has 0 radical (unpaired) electrons. The zero-order valence-corrected chi connectivity index (χ0v) is 21.6. The summed E-state index contributed by atoms with van der Waals surface area (Å²) in [5.41, 5.74) is 3.90. The zero-order chi connectivity index (χ0) is 26.5. The number of piperidine rings is 1. The fraction of sp³-hybridized carbons (Fsp3) is 0.286. The third-order valence-corrected chi connectivity index (χ3v) is 6.84. The number of ketones is 1. The lowest BCUT2D eigenvalue weighted by molar-refractivity contribution is 0.0984. The molecule has 1 aliphatic heterocycles. The lowest BCUT2D eigenvalue weighted by atomic mass is 9.96. The minimum Gasteiger partial charge on any atom is -0.425 e. The molecule has 0 amide bonds. The first-order valence-electron chi connectivity index (χ1n) is 12.5. The Balaban J connectivity index is 1.22. The summed E-state index contributed by atoms with van der Waals surface area (Å²) in [6.07, 6.45) is 3.90. The first-order valence-corrected chi connectivity index (χ1v) is 12.8. The van der Waals surface area contributed by atoms with Crippen LogP contribution in [0.2, 0.25) is 5.02 Å². The maximum absolute atomic E-state index is 12.2. The average molecular weight is 528 g/mol. The molecule has 1 saturated heterocycles. The van der Waals surface area contributed by atoms with E-state index in [9.17, 15) is 4.79 Å². The van der Waals surface area contributed by atoms with Gasteiger partial charge in [0.25, 0.3) is 0 Å². The highest BCUT2D eigenvalue weighted by atomic mass is 35.5. The summed E-state index contributed by atoms with van der Waals surface area (Å²) in [6, 6.07) is 17.2. The van der Waals surface area contributed by atoms with Gasteiger partial charge >= 0.3 is 0 Å². The van der Waals surface area contributed by atoms with Crippen molar-refractivity contribution < 1.29 is 9.21 Å². The van der Waals surface area contributed by atoms with Gasteiger partial charge in [-0.25, -0.2) is 9.97 Å². The molecule has 0 unspecified atom stereocenters. The molecule has 1 fully saturated rings. The first kappa shape index (κ1) is 25.4. The van der Waals surface area contributed by atoms with Gasteiger partial charge in [-0.1, -0.05) is 35.9 Å². The van der Waals surface area contributed by atoms with Crippen molar-refractivity contribution in [3.8, 4) is 17.3 Å². The van der Waals surface area contributed by atoms with E-state index in [1.807, 2.05) is 25.1 Å². The van der Waals surface area contributed by atoms with Crippen LogP contribution >= 0.6 is 11.6 Å². The van der Waals surface area contributed by atoms with E-state index in [1.165, 1.54) is 0 Å². The van der Waals surface area contributed by atoms with Crippen LogP contribution in [-0.4, -0.2) is 39.0 Å². The molecule has 0 spiro atoms. The van der Waals surface area contributed by atoms with E-state index in [1.54, 1.807) is 30.5 Å². The molecule has 1 N–H and O–H groups in total. The molecule has 192 valence electrons. The number of hydrogen-bond donors (Lipinski definition) is 1. The average Bonchev–Trinajstić information content (AvgIpc) is 3.39. The molecule has 9 nitrogen and oxygen atoms in total. The molecule has 0 aliphatic carbocycles. The summed E-state index contributed by atoms with van der Waals surface area (Å²) in [5, 5.41) is 20.5. The van der Waals surface area contributed by atoms with Crippen molar-refractivity contribution >= 4 is 34.7 Å². The maximum atomic E-state index is 12.2. The summed E-state index contributed by atoms with van der Waals surface area (Å²) in [5.74, 6) is 2.01. The van der Waals surface area contributed by atoms with Crippen molar-refractivity contribution in [1.82, 2.24) is 20.2 Å². The maximum Gasteiger partial charge on any atom is 0.227 e. The number of rotatable bonds is 8. The fourth-order valence-corrected chi connectivity index (χ4v) is 4.70. The molecule has 0 atom stereocenters. The number of halogens is 1. The smallest absolute Gasteiger partial charge is 0.227 e. The standard InChI is InChI=1S/C28H26ClN7O2/c1-18-34-35-27(38-18)21-12-15-36(16-13-21)23-10-8-22(9-11-23)32-28-31-17-24(29)26(33-28)20-6-4-19(5-7-20)25(37)3-2-14-30/h4-11,17,21H,2-3,12-13,15-16H2,1H3,(H,31,32,33). The number of nitrogens with zero attached hydrogens (tertiary/aromatic N) is 6. The molecule has 38 heavy (non-hydrogen) atoms. The van der Waals surface area contributed by atoms with Gasteiger partial charge in [-0.2, -0.15) is 5.26 Å². The predicted molar refractivity (Wildman–Crippen MR) is 145 cm³/mol.